The first-order valence-electron chi connectivity index (χ1n) is 11.5. The third-order valence-electron chi connectivity index (χ3n) is 6.21. The largest absolute Gasteiger partial charge is 0.493 e. The Kier molecular flexibility index (Phi) is 8.09. The topological polar surface area (TPSA) is 77.8 Å². The van der Waals surface area contributed by atoms with Crippen LogP contribution < -0.4 is 19.7 Å². The Morgan fingerprint density at radius 3 is 2.79 bits per heavy atom. The summed E-state index contributed by atoms with van der Waals surface area (Å²) in [6.45, 7) is 5.82. The van der Waals surface area contributed by atoms with E-state index < -0.39 is 0 Å². The number of fused-ring (bicyclic) bond motifs is 1. The second-order valence-corrected chi connectivity index (χ2v) is 9.26. The van der Waals surface area contributed by atoms with Crippen LogP contribution >= 0.6 is 15.9 Å². The zero-order valence-corrected chi connectivity index (χ0v) is 20.9. The monoisotopic (exact) mass is 524 g/mol. The van der Waals surface area contributed by atoms with Crippen molar-refractivity contribution in [2.24, 2.45) is 0 Å². The third-order valence-corrected chi connectivity index (χ3v) is 6.90. The highest BCUT2D eigenvalue weighted by Crippen LogP contribution is 2.40. The molecule has 2 aromatic rings. The van der Waals surface area contributed by atoms with Crippen LogP contribution in [0.25, 0.3) is 6.08 Å². The molecule has 1 N–H and O–H groups in total. The minimum atomic E-state index is -0.0893. The van der Waals surface area contributed by atoms with Crippen molar-refractivity contribution in [2.45, 2.75) is 12.8 Å². The van der Waals surface area contributed by atoms with Gasteiger partial charge in [0.15, 0.2) is 11.5 Å². The van der Waals surface area contributed by atoms with Gasteiger partial charge in [0.25, 0.3) is 5.91 Å². The first-order valence-corrected chi connectivity index (χ1v) is 12.3. The molecule has 7 nitrogen and oxygen atoms in total. The number of benzene rings is 2. The Labute approximate surface area is 209 Å². The highest BCUT2D eigenvalue weighted by atomic mass is 79.9. The van der Waals surface area contributed by atoms with Gasteiger partial charge in [0, 0.05) is 48.4 Å². The summed E-state index contributed by atoms with van der Waals surface area (Å²) >= 11 is 3.52. The van der Waals surface area contributed by atoms with E-state index in [-0.39, 0.29) is 12.5 Å². The molecule has 1 fully saturated rings. The van der Waals surface area contributed by atoms with Crippen molar-refractivity contribution in [1.29, 1.82) is 5.26 Å². The van der Waals surface area contributed by atoms with Crippen molar-refractivity contribution in [3.63, 3.8) is 0 Å². The Morgan fingerprint density at radius 2 is 2.03 bits per heavy atom. The van der Waals surface area contributed by atoms with Gasteiger partial charge in [0.05, 0.1) is 24.3 Å². The molecule has 0 aromatic heterocycles. The molecule has 2 heterocycles. The number of hydrogen-bond donors (Lipinski definition) is 1. The number of anilines is 1. The van der Waals surface area contributed by atoms with Gasteiger partial charge in [-0.05, 0) is 55.8 Å². The molecule has 0 unspecified atom stereocenters. The number of nitrogens with one attached hydrogen (secondary N) is 1. The molecule has 0 spiro atoms. The van der Waals surface area contributed by atoms with E-state index in [4.69, 9.17) is 14.7 Å². The Morgan fingerprint density at radius 1 is 1.21 bits per heavy atom. The third kappa shape index (κ3) is 5.72. The van der Waals surface area contributed by atoms with Gasteiger partial charge >= 0.3 is 0 Å². The van der Waals surface area contributed by atoms with E-state index in [9.17, 15) is 4.79 Å². The van der Waals surface area contributed by atoms with Gasteiger partial charge < -0.3 is 19.7 Å². The highest BCUT2D eigenvalue weighted by molar-refractivity contribution is 9.10. The Balaban J connectivity index is 1.17. The summed E-state index contributed by atoms with van der Waals surface area (Å²) < 4.78 is 12.0. The van der Waals surface area contributed by atoms with Crippen LogP contribution in [-0.4, -0.2) is 63.8 Å². The van der Waals surface area contributed by atoms with Crippen LogP contribution in [0.15, 0.2) is 46.4 Å². The fourth-order valence-electron chi connectivity index (χ4n) is 4.27. The maximum absolute atomic E-state index is 12.6. The van der Waals surface area contributed by atoms with E-state index >= 15 is 0 Å². The van der Waals surface area contributed by atoms with E-state index in [1.165, 1.54) is 0 Å². The lowest BCUT2D eigenvalue weighted by Gasteiger charge is -2.36. The quantitative estimate of drug-likeness (QED) is 0.529. The standard InChI is InChI=1S/C26H29BrN4O3/c1-33-24-8-7-23(27)22-16-20(18-34-25(22)24)26(32)29-9-2-3-10-30-11-13-31(14-12-30)21-6-4-5-19(15-21)17-28/h4-8,15-16H,2-3,9-14,18H2,1H3,(H,29,32). The van der Waals surface area contributed by atoms with Crippen molar-refractivity contribution in [3.05, 3.63) is 57.6 Å². The molecule has 34 heavy (non-hydrogen) atoms. The SMILES string of the molecule is COc1ccc(Br)c2c1OCC(C(=O)NCCCCN1CCN(c3cccc(C#N)c3)CC1)=C2. The van der Waals surface area contributed by atoms with Crippen molar-refractivity contribution in [3.8, 4) is 17.6 Å². The Bertz CT molecular complexity index is 1100. The van der Waals surface area contributed by atoms with Gasteiger partial charge in [-0.25, -0.2) is 0 Å². The number of nitrogens with zero attached hydrogens (tertiary/aromatic N) is 3. The molecular formula is C26H29BrN4O3. The maximum Gasteiger partial charge on any atom is 0.250 e. The summed E-state index contributed by atoms with van der Waals surface area (Å²) in [5.74, 6) is 1.23. The smallest absolute Gasteiger partial charge is 0.250 e. The second-order valence-electron chi connectivity index (χ2n) is 8.40. The first kappa shape index (κ1) is 24.1. The lowest BCUT2D eigenvalue weighted by molar-refractivity contribution is -0.117. The van der Waals surface area contributed by atoms with Crippen LogP contribution in [0.2, 0.25) is 0 Å². The molecule has 0 bridgehead atoms. The summed E-state index contributed by atoms with van der Waals surface area (Å²) in [6.07, 6.45) is 3.83. The van der Waals surface area contributed by atoms with Crippen LogP contribution in [0.1, 0.15) is 24.0 Å². The predicted molar refractivity (Wildman–Crippen MR) is 136 cm³/mol. The van der Waals surface area contributed by atoms with E-state index in [1.54, 1.807) is 7.11 Å². The number of carbonyl (C=O) groups excluding carboxylic acids is 1. The van der Waals surface area contributed by atoms with Crippen molar-refractivity contribution >= 4 is 33.6 Å². The number of rotatable bonds is 8. The van der Waals surface area contributed by atoms with Crippen molar-refractivity contribution in [1.82, 2.24) is 10.2 Å². The van der Waals surface area contributed by atoms with Crippen molar-refractivity contribution in [2.75, 3.05) is 57.9 Å². The zero-order valence-electron chi connectivity index (χ0n) is 19.3. The molecule has 4 rings (SSSR count). The van der Waals surface area contributed by atoms with Crippen LogP contribution in [-0.2, 0) is 4.79 Å². The molecule has 1 saturated heterocycles. The number of halogens is 1. The zero-order chi connectivity index (χ0) is 23.9. The van der Waals surface area contributed by atoms with Gasteiger partial charge in [-0.1, -0.05) is 22.0 Å². The molecule has 2 aliphatic rings. The molecule has 1 amide bonds. The summed E-state index contributed by atoms with van der Waals surface area (Å²) in [4.78, 5) is 17.4. The second kappa shape index (κ2) is 11.4. The van der Waals surface area contributed by atoms with Crippen LogP contribution in [0, 0.1) is 11.3 Å². The molecule has 0 aliphatic carbocycles. The normalized spacial score (nSPS) is 15.6. The van der Waals surface area contributed by atoms with Crippen LogP contribution in [0.3, 0.4) is 0 Å². The summed E-state index contributed by atoms with van der Waals surface area (Å²) in [7, 11) is 1.60. The number of amides is 1. The summed E-state index contributed by atoms with van der Waals surface area (Å²) in [6, 6.07) is 13.8. The van der Waals surface area contributed by atoms with Crippen molar-refractivity contribution < 1.29 is 14.3 Å². The van der Waals surface area contributed by atoms with Gasteiger partial charge in [0.1, 0.15) is 6.61 Å². The molecule has 0 saturated carbocycles. The molecule has 0 radical (unpaired) electrons. The van der Waals surface area contributed by atoms with Gasteiger partial charge in [-0.2, -0.15) is 5.26 Å². The number of carbonyl (C=O) groups is 1. The lowest BCUT2D eigenvalue weighted by Crippen LogP contribution is -2.46. The average Bonchev–Trinajstić information content (AvgIpc) is 2.89. The lowest BCUT2D eigenvalue weighted by atomic mass is 10.1. The number of methoxy groups -OCH3 is 1. The van der Waals surface area contributed by atoms with Gasteiger partial charge in [-0.15, -0.1) is 0 Å². The molecule has 0 atom stereocenters. The van der Waals surface area contributed by atoms with Crippen LogP contribution in [0.5, 0.6) is 11.5 Å². The fraction of sp³-hybridized carbons (Fsp3) is 0.385. The number of nitriles is 1. The van der Waals surface area contributed by atoms with Gasteiger partial charge in [0.2, 0.25) is 0 Å². The van der Waals surface area contributed by atoms with Crippen LogP contribution in [0.4, 0.5) is 5.69 Å². The van der Waals surface area contributed by atoms with E-state index in [1.807, 2.05) is 36.4 Å². The molecule has 178 valence electrons. The molecule has 8 heteroatoms. The number of hydrogen-bond acceptors (Lipinski definition) is 6. The minimum absolute atomic E-state index is 0.0893. The first-order chi connectivity index (χ1) is 16.6. The molecule has 2 aromatic carbocycles. The summed E-state index contributed by atoms with van der Waals surface area (Å²) in [5, 5.41) is 12.1. The number of unbranched alkanes of at least 4 members (excludes halogenated alkanes) is 1. The summed E-state index contributed by atoms with van der Waals surface area (Å²) in [5.41, 5.74) is 3.26. The fourth-order valence-corrected chi connectivity index (χ4v) is 4.70. The van der Waals surface area contributed by atoms with E-state index in [0.29, 0.717) is 29.2 Å². The predicted octanol–water partition coefficient (Wildman–Crippen LogP) is 3.82. The maximum atomic E-state index is 12.6. The van der Waals surface area contributed by atoms with Gasteiger partial charge in [-0.3, -0.25) is 9.69 Å². The highest BCUT2D eigenvalue weighted by Gasteiger charge is 2.22. The Hall–Kier alpha value is -3.02. The van der Waals surface area contributed by atoms with E-state index in [2.05, 4.69) is 43.2 Å². The average molecular weight is 525 g/mol. The molecular weight excluding hydrogens is 496 g/mol. The minimum Gasteiger partial charge on any atom is -0.493 e. The molecule has 2 aliphatic heterocycles. The van der Waals surface area contributed by atoms with E-state index in [0.717, 1.165) is 61.3 Å². The number of ether oxygens (including phenoxy) is 2. The number of piperazine rings is 1.